The summed E-state index contributed by atoms with van der Waals surface area (Å²) in [5.41, 5.74) is 1.21. The average molecular weight is 357 g/mol. The van der Waals surface area contributed by atoms with Crippen LogP contribution in [0, 0.1) is 6.92 Å². The molecule has 1 fully saturated rings. The minimum absolute atomic E-state index is 0.147. The van der Waals surface area contributed by atoms with E-state index in [0.29, 0.717) is 12.3 Å². The number of carbonyl (C=O) groups is 1. The zero-order chi connectivity index (χ0) is 17.4. The normalized spacial score (nSPS) is 17.3. The third kappa shape index (κ3) is 3.08. The number of fused-ring (bicyclic) bond motifs is 1. The zero-order valence-corrected chi connectivity index (χ0v) is 15.4. The van der Waals surface area contributed by atoms with E-state index >= 15 is 0 Å². The molecule has 0 N–H and O–H groups in total. The maximum atomic E-state index is 12.6. The molecule has 0 aliphatic carbocycles. The molecule has 1 amide bonds. The first-order valence-electron chi connectivity index (χ1n) is 8.80. The number of thiazole rings is 1. The van der Waals surface area contributed by atoms with Crippen molar-refractivity contribution in [3.63, 3.8) is 0 Å². The van der Waals surface area contributed by atoms with Crippen molar-refractivity contribution in [2.24, 2.45) is 0 Å². The van der Waals surface area contributed by atoms with Crippen molar-refractivity contribution < 1.29 is 4.79 Å². The molecule has 4 rings (SSSR count). The van der Waals surface area contributed by atoms with Gasteiger partial charge >= 0.3 is 0 Å². The number of hydrogen-bond donors (Lipinski definition) is 0. The zero-order valence-electron chi connectivity index (χ0n) is 14.6. The van der Waals surface area contributed by atoms with Gasteiger partial charge in [0.15, 0.2) is 0 Å². The maximum Gasteiger partial charge on any atom is 0.224 e. The molecule has 3 aromatic heterocycles. The van der Waals surface area contributed by atoms with E-state index in [1.54, 1.807) is 23.9 Å². The molecule has 0 unspecified atom stereocenters. The second-order valence-electron chi connectivity index (χ2n) is 6.84. The molecular weight excluding hydrogens is 334 g/mol. The van der Waals surface area contributed by atoms with Crippen LogP contribution in [-0.2, 0) is 4.79 Å². The number of aromatic nitrogens is 4. The number of hydrogen-bond acceptors (Lipinski definition) is 4. The predicted octanol–water partition coefficient (Wildman–Crippen LogP) is 3.26. The minimum Gasteiger partial charge on any atom is -0.343 e. The molecule has 3 aromatic rings. The van der Waals surface area contributed by atoms with E-state index in [4.69, 9.17) is 4.98 Å². The molecule has 132 valence electrons. The first-order chi connectivity index (χ1) is 12.1. The van der Waals surface area contributed by atoms with Gasteiger partial charge in [-0.25, -0.2) is 9.97 Å². The number of amides is 1. The average Bonchev–Trinajstić information content (AvgIpc) is 3.34. The SMILES string of the molecule is Cc1nc(C2CCN(C(=O)C[C@@H](C)n3ccnc3)CC2)c2sccn12. The van der Waals surface area contributed by atoms with Crippen molar-refractivity contribution in [1.82, 2.24) is 23.8 Å². The van der Waals surface area contributed by atoms with Crippen molar-refractivity contribution in [2.75, 3.05) is 13.1 Å². The Kier molecular flexibility index (Phi) is 4.33. The van der Waals surface area contributed by atoms with E-state index in [2.05, 4.69) is 34.8 Å². The van der Waals surface area contributed by atoms with Gasteiger partial charge in [-0.05, 0) is 26.7 Å². The Morgan fingerprint density at radius 2 is 2.16 bits per heavy atom. The highest BCUT2D eigenvalue weighted by Gasteiger charge is 2.28. The summed E-state index contributed by atoms with van der Waals surface area (Å²) < 4.78 is 4.16. The molecular formula is C18H23N5OS. The fourth-order valence-electron chi connectivity index (χ4n) is 3.68. The summed E-state index contributed by atoms with van der Waals surface area (Å²) in [6, 6.07) is 0.147. The number of imidazole rings is 2. The topological polar surface area (TPSA) is 55.4 Å². The fraction of sp³-hybridized carbons (Fsp3) is 0.500. The van der Waals surface area contributed by atoms with E-state index in [1.165, 1.54) is 10.5 Å². The summed E-state index contributed by atoms with van der Waals surface area (Å²) in [5, 5.41) is 2.11. The van der Waals surface area contributed by atoms with E-state index < -0.39 is 0 Å². The van der Waals surface area contributed by atoms with E-state index in [0.717, 1.165) is 31.8 Å². The van der Waals surface area contributed by atoms with Gasteiger partial charge in [-0.15, -0.1) is 11.3 Å². The Labute approximate surface area is 151 Å². The van der Waals surface area contributed by atoms with Crippen molar-refractivity contribution in [3.8, 4) is 0 Å². The number of aryl methyl sites for hydroxylation is 1. The van der Waals surface area contributed by atoms with Crippen LogP contribution in [0.25, 0.3) is 4.83 Å². The largest absolute Gasteiger partial charge is 0.343 e. The Hall–Kier alpha value is -2.15. The number of piperidine rings is 1. The molecule has 6 nitrogen and oxygen atoms in total. The maximum absolute atomic E-state index is 12.6. The van der Waals surface area contributed by atoms with Gasteiger partial charge in [-0.2, -0.15) is 0 Å². The van der Waals surface area contributed by atoms with Crippen LogP contribution in [0.4, 0.5) is 0 Å². The predicted molar refractivity (Wildman–Crippen MR) is 97.9 cm³/mol. The van der Waals surface area contributed by atoms with Gasteiger partial charge in [0.2, 0.25) is 5.91 Å². The smallest absolute Gasteiger partial charge is 0.224 e. The van der Waals surface area contributed by atoms with Crippen LogP contribution in [0.5, 0.6) is 0 Å². The summed E-state index contributed by atoms with van der Waals surface area (Å²) in [7, 11) is 0. The molecule has 1 saturated heterocycles. The molecule has 7 heteroatoms. The molecule has 0 bridgehead atoms. The molecule has 0 saturated carbocycles. The molecule has 0 aromatic carbocycles. The Morgan fingerprint density at radius 1 is 1.36 bits per heavy atom. The third-order valence-electron chi connectivity index (χ3n) is 5.20. The standard InChI is InChI=1S/C18H23N5OS/c1-13(22-8-5-19-12-22)11-16(24)21-6-3-15(4-7-21)17-18-23(9-10-25-18)14(2)20-17/h5,8-10,12-13,15H,3-4,6-7,11H2,1-2H3/t13-/m1/s1. The highest BCUT2D eigenvalue weighted by atomic mass is 32.1. The Bertz CT molecular complexity index is 857. The van der Waals surface area contributed by atoms with Gasteiger partial charge in [-0.1, -0.05) is 0 Å². The number of nitrogens with zero attached hydrogens (tertiary/aromatic N) is 5. The van der Waals surface area contributed by atoms with Crippen LogP contribution in [0.15, 0.2) is 30.3 Å². The first kappa shape index (κ1) is 16.3. The first-order valence-corrected chi connectivity index (χ1v) is 9.68. The number of carbonyl (C=O) groups excluding carboxylic acids is 1. The molecule has 25 heavy (non-hydrogen) atoms. The van der Waals surface area contributed by atoms with Crippen LogP contribution in [0.2, 0.25) is 0 Å². The second-order valence-corrected chi connectivity index (χ2v) is 7.74. The Balaban J connectivity index is 1.38. The lowest BCUT2D eigenvalue weighted by atomic mass is 9.93. The molecule has 0 radical (unpaired) electrons. The van der Waals surface area contributed by atoms with E-state index in [1.807, 2.05) is 15.7 Å². The third-order valence-corrected chi connectivity index (χ3v) is 6.08. The lowest BCUT2D eigenvalue weighted by Gasteiger charge is -2.32. The van der Waals surface area contributed by atoms with Crippen LogP contribution >= 0.6 is 11.3 Å². The van der Waals surface area contributed by atoms with E-state index in [-0.39, 0.29) is 11.9 Å². The highest BCUT2D eigenvalue weighted by molar-refractivity contribution is 7.15. The molecule has 4 heterocycles. The van der Waals surface area contributed by atoms with Crippen molar-refractivity contribution in [1.29, 1.82) is 0 Å². The lowest BCUT2D eigenvalue weighted by Crippen LogP contribution is -2.38. The van der Waals surface area contributed by atoms with Gasteiger partial charge in [0.25, 0.3) is 0 Å². The van der Waals surface area contributed by atoms with Crippen LogP contribution < -0.4 is 0 Å². The Morgan fingerprint density at radius 3 is 2.88 bits per heavy atom. The van der Waals surface area contributed by atoms with Crippen molar-refractivity contribution >= 4 is 22.1 Å². The number of rotatable bonds is 4. The van der Waals surface area contributed by atoms with Gasteiger partial charge in [0.05, 0.1) is 12.0 Å². The van der Waals surface area contributed by atoms with Crippen LogP contribution in [0.1, 0.15) is 49.7 Å². The van der Waals surface area contributed by atoms with Crippen LogP contribution in [0.3, 0.4) is 0 Å². The highest BCUT2D eigenvalue weighted by Crippen LogP contribution is 2.33. The molecule has 1 aliphatic rings. The lowest BCUT2D eigenvalue weighted by molar-refractivity contribution is -0.133. The molecule has 0 spiro atoms. The van der Waals surface area contributed by atoms with Gasteiger partial charge in [0.1, 0.15) is 10.7 Å². The van der Waals surface area contributed by atoms with E-state index in [9.17, 15) is 4.79 Å². The summed E-state index contributed by atoms with van der Waals surface area (Å²) in [6.07, 6.45) is 10.0. The van der Waals surface area contributed by atoms with Gasteiger partial charge in [-0.3, -0.25) is 9.20 Å². The quantitative estimate of drug-likeness (QED) is 0.720. The summed E-state index contributed by atoms with van der Waals surface area (Å²) >= 11 is 1.75. The summed E-state index contributed by atoms with van der Waals surface area (Å²) in [5.74, 6) is 1.75. The summed E-state index contributed by atoms with van der Waals surface area (Å²) in [6.45, 7) is 5.76. The molecule has 1 aliphatic heterocycles. The minimum atomic E-state index is 0.147. The fourth-order valence-corrected chi connectivity index (χ4v) is 4.63. The van der Waals surface area contributed by atoms with Gasteiger partial charge in [0, 0.05) is 55.4 Å². The van der Waals surface area contributed by atoms with Crippen molar-refractivity contribution in [3.05, 3.63) is 41.8 Å². The van der Waals surface area contributed by atoms with Crippen molar-refractivity contribution in [2.45, 2.75) is 45.1 Å². The van der Waals surface area contributed by atoms with Crippen LogP contribution in [-0.4, -0.2) is 42.8 Å². The monoisotopic (exact) mass is 357 g/mol. The van der Waals surface area contributed by atoms with Gasteiger partial charge < -0.3 is 9.47 Å². The summed E-state index contributed by atoms with van der Waals surface area (Å²) in [4.78, 5) is 24.7. The number of likely N-dealkylation sites (tertiary alicyclic amines) is 1. The molecule has 1 atom stereocenters. The second kappa shape index (κ2) is 6.63.